The van der Waals surface area contributed by atoms with E-state index in [4.69, 9.17) is 20.7 Å². The van der Waals surface area contributed by atoms with E-state index in [0.29, 0.717) is 43.9 Å². The predicted molar refractivity (Wildman–Crippen MR) is 130 cm³/mol. The molecule has 0 radical (unpaired) electrons. The highest BCUT2D eigenvalue weighted by Gasteiger charge is 2.24. The number of fused-ring (bicyclic) bond motifs is 1. The maximum Gasteiger partial charge on any atom is 0.260 e. The minimum atomic E-state index is -0.469. The van der Waals surface area contributed by atoms with Crippen molar-refractivity contribution < 1.29 is 24.2 Å². The summed E-state index contributed by atoms with van der Waals surface area (Å²) < 4.78 is 10.5. The van der Waals surface area contributed by atoms with Crippen molar-refractivity contribution >= 4 is 23.5 Å². The molecule has 0 spiro atoms. The Morgan fingerprint density at radius 3 is 2.77 bits per heavy atom. The number of carbonyl (C=O) groups excluding carboxylic acids is 2. The summed E-state index contributed by atoms with van der Waals surface area (Å²) >= 11 is 0. The Morgan fingerprint density at radius 1 is 1.31 bits per heavy atom. The van der Waals surface area contributed by atoms with Crippen molar-refractivity contribution in [3.8, 4) is 5.75 Å². The summed E-state index contributed by atoms with van der Waals surface area (Å²) in [7, 11) is 3.06. The number of aromatic nitrogens is 1. The van der Waals surface area contributed by atoms with E-state index in [1.807, 2.05) is 6.07 Å². The van der Waals surface area contributed by atoms with Crippen LogP contribution in [0.5, 0.6) is 5.75 Å². The van der Waals surface area contributed by atoms with E-state index in [9.17, 15) is 14.7 Å². The van der Waals surface area contributed by atoms with Crippen LogP contribution in [0.3, 0.4) is 0 Å². The fraction of sp³-hybridized carbons (Fsp3) is 0.417. The number of pyridine rings is 1. The maximum atomic E-state index is 13.2. The highest BCUT2D eigenvalue weighted by Crippen LogP contribution is 2.29. The number of hydrogen-bond donors (Lipinski definition) is 4. The molecule has 1 aromatic heterocycles. The molecule has 0 saturated carbocycles. The van der Waals surface area contributed by atoms with Gasteiger partial charge < -0.3 is 24.8 Å². The molecule has 1 aromatic carbocycles. The van der Waals surface area contributed by atoms with E-state index in [-0.39, 0.29) is 29.9 Å². The number of hydrazine groups is 1. The van der Waals surface area contributed by atoms with E-state index in [1.54, 1.807) is 43.2 Å². The van der Waals surface area contributed by atoms with Gasteiger partial charge in [0.15, 0.2) is 5.84 Å². The van der Waals surface area contributed by atoms with Crippen LogP contribution >= 0.6 is 0 Å². The van der Waals surface area contributed by atoms with Crippen LogP contribution in [0.15, 0.2) is 30.3 Å². The van der Waals surface area contributed by atoms with Crippen molar-refractivity contribution in [3.63, 3.8) is 0 Å². The highest BCUT2D eigenvalue weighted by atomic mass is 16.5. The Labute approximate surface area is 204 Å². The van der Waals surface area contributed by atoms with Gasteiger partial charge in [0, 0.05) is 20.2 Å². The maximum absolute atomic E-state index is 13.2. The van der Waals surface area contributed by atoms with Gasteiger partial charge >= 0.3 is 0 Å². The molecule has 2 aromatic rings. The second-order valence-electron chi connectivity index (χ2n) is 8.28. The first-order chi connectivity index (χ1) is 16.8. The number of rotatable bonds is 9. The number of benzene rings is 1. The van der Waals surface area contributed by atoms with Crippen molar-refractivity contribution in [3.05, 3.63) is 52.7 Å². The van der Waals surface area contributed by atoms with Gasteiger partial charge in [-0.2, -0.15) is 0 Å². The lowest BCUT2D eigenvalue weighted by atomic mass is 9.96. The van der Waals surface area contributed by atoms with Gasteiger partial charge in [0.25, 0.3) is 5.91 Å². The molecule has 35 heavy (non-hydrogen) atoms. The Kier molecular flexibility index (Phi) is 8.74. The zero-order valence-electron chi connectivity index (χ0n) is 20.2. The molecule has 3 rings (SSSR count). The van der Waals surface area contributed by atoms with Crippen LogP contribution in [0.25, 0.3) is 0 Å². The van der Waals surface area contributed by atoms with Gasteiger partial charge in [-0.15, -0.1) is 0 Å². The second-order valence-corrected chi connectivity index (χ2v) is 8.28. The van der Waals surface area contributed by atoms with Gasteiger partial charge in [0.05, 0.1) is 38.3 Å². The van der Waals surface area contributed by atoms with Crippen molar-refractivity contribution in [1.29, 1.82) is 5.41 Å². The molecule has 188 valence electrons. The molecule has 1 aliphatic heterocycles. The number of carbonyl (C=O) groups is 2. The molecule has 1 unspecified atom stereocenters. The Morgan fingerprint density at radius 2 is 2.09 bits per heavy atom. The number of amides is 2. The van der Waals surface area contributed by atoms with E-state index in [2.05, 4.69) is 10.3 Å². The Bertz CT molecular complexity index is 1090. The van der Waals surface area contributed by atoms with Crippen LogP contribution in [-0.4, -0.2) is 77.7 Å². The van der Waals surface area contributed by atoms with Crippen LogP contribution in [0.1, 0.15) is 40.5 Å². The quantitative estimate of drug-likeness (QED) is 0.179. The normalized spacial score (nSPS) is 13.6. The lowest BCUT2D eigenvalue weighted by Gasteiger charge is -2.29. The van der Waals surface area contributed by atoms with Crippen molar-refractivity contribution in [2.75, 3.05) is 39.3 Å². The SMILES string of the molecule is COCCC(=O)N1CCc2cc(OC)c(C(=O)Nc3cccc(C(=N)N(N)C(C)CO)n3)cc2C1. The van der Waals surface area contributed by atoms with E-state index in [1.165, 1.54) is 7.11 Å². The molecule has 11 heteroatoms. The van der Waals surface area contributed by atoms with E-state index in [0.717, 1.165) is 16.1 Å². The molecule has 5 N–H and O–H groups in total. The lowest BCUT2D eigenvalue weighted by molar-refractivity contribution is -0.133. The average Bonchev–Trinajstić information content (AvgIpc) is 2.89. The first-order valence-electron chi connectivity index (χ1n) is 11.3. The number of nitrogens with one attached hydrogen (secondary N) is 2. The van der Waals surface area contributed by atoms with Crippen LogP contribution in [0.2, 0.25) is 0 Å². The molecule has 2 amide bonds. The summed E-state index contributed by atoms with van der Waals surface area (Å²) in [4.78, 5) is 31.7. The van der Waals surface area contributed by atoms with Crippen LogP contribution in [0, 0.1) is 5.41 Å². The summed E-state index contributed by atoms with van der Waals surface area (Å²) in [6, 6.07) is 7.96. The number of nitrogens with two attached hydrogens (primary N) is 1. The first kappa shape index (κ1) is 26.1. The minimum Gasteiger partial charge on any atom is -0.496 e. The summed E-state index contributed by atoms with van der Waals surface area (Å²) in [5, 5.41) is 21.4. The zero-order chi connectivity index (χ0) is 25.5. The monoisotopic (exact) mass is 484 g/mol. The molecule has 1 atom stereocenters. The van der Waals surface area contributed by atoms with Gasteiger partial charge in [-0.25, -0.2) is 10.8 Å². The third-order valence-corrected chi connectivity index (χ3v) is 5.88. The number of hydrogen-bond acceptors (Lipinski definition) is 8. The van der Waals surface area contributed by atoms with Gasteiger partial charge in [-0.1, -0.05) is 6.07 Å². The average molecular weight is 485 g/mol. The minimum absolute atomic E-state index is 0.00671. The smallest absolute Gasteiger partial charge is 0.260 e. The number of nitrogens with zero attached hydrogens (tertiary/aromatic N) is 3. The van der Waals surface area contributed by atoms with Crippen LogP contribution in [0.4, 0.5) is 5.82 Å². The molecule has 2 heterocycles. The molecule has 11 nitrogen and oxygen atoms in total. The number of methoxy groups -OCH3 is 2. The Balaban J connectivity index is 1.80. The Hall–Kier alpha value is -3.54. The van der Waals surface area contributed by atoms with Crippen LogP contribution < -0.4 is 15.9 Å². The van der Waals surface area contributed by atoms with E-state index >= 15 is 0 Å². The van der Waals surface area contributed by atoms with E-state index < -0.39 is 11.9 Å². The predicted octanol–water partition coefficient (Wildman–Crippen LogP) is 1.15. The number of ether oxygens (including phenoxy) is 2. The fourth-order valence-corrected chi connectivity index (χ4v) is 3.75. The number of aliphatic hydroxyl groups excluding tert-OH is 1. The zero-order valence-corrected chi connectivity index (χ0v) is 20.2. The van der Waals surface area contributed by atoms with Crippen molar-refractivity contribution in [2.45, 2.75) is 32.4 Å². The largest absolute Gasteiger partial charge is 0.496 e. The fourth-order valence-electron chi connectivity index (χ4n) is 3.75. The molecule has 0 fully saturated rings. The molecule has 0 aliphatic carbocycles. The molecular weight excluding hydrogens is 452 g/mol. The van der Waals surface area contributed by atoms with Gasteiger partial charge in [-0.3, -0.25) is 20.0 Å². The summed E-state index contributed by atoms with van der Waals surface area (Å²) in [6.07, 6.45) is 0.976. The van der Waals surface area contributed by atoms with Crippen molar-refractivity contribution in [2.24, 2.45) is 5.84 Å². The third-order valence-electron chi connectivity index (χ3n) is 5.88. The molecule has 1 aliphatic rings. The summed E-state index contributed by atoms with van der Waals surface area (Å²) in [6.45, 7) is 2.82. The van der Waals surface area contributed by atoms with Crippen LogP contribution in [-0.2, 0) is 22.5 Å². The molecule has 0 bridgehead atoms. The van der Waals surface area contributed by atoms with Gasteiger partial charge in [0.1, 0.15) is 17.3 Å². The van der Waals surface area contributed by atoms with Gasteiger partial charge in [0.2, 0.25) is 5.91 Å². The molecular formula is C24H32N6O5. The van der Waals surface area contributed by atoms with Crippen molar-refractivity contribution in [1.82, 2.24) is 14.9 Å². The highest BCUT2D eigenvalue weighted by molar-refractivity contribution is 6.06. The summed E-state index contributed by atoms with van der Waals surface area (Å²) in [5.74, 6) is 6.02. The lowest BCUT2D eigenvalue weighted by Crippen LogP contribution is -2.46. The third kappa shape index (κ3) is 6.13. The van der Waals surface area contributed by atoms with Gasteiger partial charge in [-0.05, 0) is 48.7 Å². The summed E-state index contributed by atoms with van der Waals surface area (Å²) in [5.41, 5.74) is 2.47. The molecule has 0 saturated heterocycles. The number of aliphatic hydroxyl groups is 1. The second kappa shape index (κ2) is 11.7. The number of anilines is 1. The first-order valence-corrected chi connectivity index (χ1v) is 11.3. The topological polar surface area (TPSA) is 154 Å². The standard InChI is InChI=1S/C24H32N6O5/c1-15(14-31)30(26)23(25)19-5-4-6-21(27-19)28-24(33)18-11-17-13-29(22(32)8-10-34-2)9-7-16(17)12-20(18)35-3/h4-6,11-12,15,25,31H,7-10,13-14,26H2,1-3H3,(H,27,28,33). The number of amidine groups is 1.